The van der Waals surface area contributed by atoms with Crippen LogP contribution < -0.4 is 0 Å². The Labute approximate surface area is 169 Å². The van der Waals surface area contributed by atoms with Crippen LogP contribution in [0, 0.1) is 23.7 Å². The largest absolute Gasteiger partial charge is 0.481 e. The molecular formula is C22H36O6. The number of carboxylic acids is 1. The van der Waals surface area contributed by atoms with Gasteiger partial charge in [0.05, 0.1) is 12.3 Å². The Hall–Kier alpha value is -2.11. The van der Waals surface area contributed by atoms with Crippen LogP contribution in [0.2, 0.25) is 0 Å². The molecule has 0 radical (unpaired) electrons. The molecule has 0 aliphatic carbocycles. The zero-order chi connectivity index (χ0) is 21.9. The second-order valence-corrected chi connectivity index (χ2v) is 8.09. The van der Waals surface area contributed by atoms with Crippen molar-refractivity contribution in [2.24, 2.45) is 23.7 Å². The van der Waals surface area contributed by atoms with Crippen LogP contribution in [-0.4, -0.2) is 36.2 Å². The van der Waals surface area contributed by atoms with Crippen LogP contribution in [-0.2, 0) is 23.9 Å². The van der Waals surface area contributed by atoms with Crippen LogP contribution >= 0.6 is 0 Å². The van der Waals surface area contributed by atoms with Crippen LogP contribution in [0.25, 0.3) is 0 Å². The third kappa shape index (κ3) is 11.6. The third-order valence-corrected chi connectivity index (χ3v) is 4.34. The van der Waals surface area contributed by atoms with E-state index < -0.39 is 23.8 Å². The number of aliphatic carboxylic acids is 1. The fraction of sp³-hybridized carbons (Fsp3) is 0.682. The van der Waals surface area contributed by atoms with E-state index in [-0.39, 0.29) is 31.1 Å². The molecule has 0 spiro atoms. The SMILES string of the molecule is C=C(C)C(=O)OCCOC(=O)CC(C(=O)O)C(C)=CC(C)CC(C)CC(C)C. The van der Waals surface area contributed by atoms with Gasteiger partial charge in [-0.25, -0.2) is 4.79 Å². The van der Waals surface area contributed by atoms with Gasteiger partial charge >= 0.3 is 17.9 Å². The molecule has 0 amide bonds. The smallest absolute Gasteiger partial charge is 0.333 e. The molecule has 3 atom stereocenters. The predicted octanol–water partition coefficient (Wildman–Crippen LogP) is 4.39. The van der Waals surface area contributed by atoms with Crippen molar-refractivity contribution in [3.05, 3.63) is 23.8 Å². The van der Waals surface area contributed by atoms with Crippen LogP contribution in [0.4, 0.5) is 0 Å². The van der Waals surface area contributed by atoms with Crippen molar-refractivity contribution >= 4 is 17.9 Å². The predicted molar refractivity (Wildman–Crippen MR) is 109 cm³/mol. The highest BCUT2D eigenvalue weighted by Gasteiger charge is 2.24. The number of esters is 2. The molecule has 0 bridgehead atoms. The first kappa shape index (κ1) is 25.9. The summed E-state index contributed by atoms with van der Waals surface area (Å²) in [6.45, 7) is 15.1. The van der Waals surface area contributed by atoms with Crippen molar-refractivity contribution in [1.82, 2.24) is 0 Å². The average molecular weight is 397 g/mol. The lowest BCUT2D eigenvalue weighted by Gasteiger charge is -2.19. The van der Waals surface area contributed by atoms with Crippen LogP contribution in [0.5, 0.6) is 0 Å². The van der Waals surface area contributed by atoms with Gasteiger partial charge in [-0.2, -0.15) is 0 Å². The molecule has 0 rings (SSSR count). The van der Waals surface area contributed by atoms with Gasteiger partial charge in [-0.1, -0.05) is 45.9 Å². The summed E-state index contributed by atoms with van der Waals surface area (Å²) in [6, 6.07) is 0. The Bertz CT molecular complexity index is 576. The fourth-order valence-electron chi connectivity index (χ4n) is 3.25. The van der Waals surface area contributed by atoms with Crippen molar-refractivity contribution in [3.63, 3.8) is 0 Å². The van der Waals surface area contributed by atoms with E-state index in [4.69, 9.17) is 9.47 Å². The minimum atomic E-state index is -1.05. The maximum absolute atomic E-state index is 12.0. The molecule has 6 nitrogen and oxygen atoms in total. The summed E-state index contributed by atoms with van der Waals surface area (Å²) >= 11 is 0. The van der Waals surface area contributed by atoms with E-state index in [9.17, 15) is 19.5 Å². The first-order valence-corrected chi connectivity index (χ1v) is 9.83. The summed E-state index contributed by atoms with van der Waals surface area (Å²) in [4.78, 5) is 34.8. The monoisotopic (exact) mass is 396 g/mol. The van der Waals surface area contributed by atoms with Crippen LogP contribution in [0.3, 0.4) is 0 Å². The molecule has 0 saturated carbocycles. The summed E-state index contributed by atoms with van der Waals surface area (Å²) in [7, 11) is 0. The topological polar surface area (TPSA) is 89.9 Å². The quantitative estimate of drug-likeness (QED) is 0.215. The van der Waals surface area contributed by atoms with E-state index in [0.717, 1.165) is 12.8 Å². The minimum absolute atomic E-state index is 0.0885. The Morgan fingerprint density at radius 3 is 2.07 bits per heavy atom. The normalized spacial score (nSPS) is 14.9. The summed E-state index contributed by atoms with van der Waals surface area (Å²) in [5.74, 6) is -1.76. The van der Waals surface area contributed by atoms with Gasteiger partial charge < -0.3 is 14.6 Å². The standard InChI is InChI=1S/C22H36O6/c1-14(2)10-16(5)11-17(6)12-18(7)19(21(24)25)13-20(23)27-8-9-28-22(26)15(3)4/h12,14,16-17,19H,3,8-11,13H2,1-2,4-7H3,(H,24,25). The van der Waals surface area contributed by atoms with Crippen LogP contribution in [0.1, 0.15) is 60.8 Å². The Kier molecular flexibility index (Phi) is 12.1. The molecule has 0 aliphatic heterocycles. The number of hydrogen-bond acceptors (Lipinski definition) is 5. The molecular weight excluding hydrogens is 360 g/mol. The molecule has 28 heavy (non-hydrogen) atoms. The summed E-state index contributed by atoms with van der Waals surface area (Å²) in [5.41, 5.74) is 0.914. The van der Waals surface area contributed by atoms with Gasteiger partial charge in [0.2, 0.25) is 0 Å². The molecule has 0 saturated heterocycles. The zero-order valence-corrected chi connectivity index (χ0v) is 18.1. The Morgan fingerprint density at radius 1 is 1.00 bits per heavy atom. The van der Waals surface area contributed by atoms with Crippen LogP contribution in [0.15, 0.2) is 23.8 Å². The lowest BCUT2D eigenvalue weighted by molar-refractivity contribution is -0.153. The average Bonchev–Trinajstić information content (AvgIpc) is 2.54. The lowest BCUT2D eigenvalue weighted by atomic mass is 9.87. The number of carbonyl (C=O) groups excluding carboxylic acids is 2. The van der Waals surface area contributed by atoms with Crippen molar-refractivity contribution in [1.29, 1.82) is 0 Å². The number of rotatable bonds is 13. The molecule has 0 aromatic carbocycles. The van der Waals surface area contributed by atoms with E-state index in [0.29, 0.717) is 17.4 Å². The summed E-state index contributed by atoms with van der Waals surface area (Å²) < 4.78 is 9.81. The highest BCUT2D eigenvalue weighted by molar-refractivity contribution is 5.86. The first-order valence-electron chi connectivity index (χ1n) is 9.83. The number of carboxylic acid groups (broad SMARTS) is 1. The van der Waals surface area contributed by atoms with E-state index in [2.05, 4.69) is 34.3 Å². The third-order valence-electron chi connectivity index (χ3n) is 4.34. The number of ether oxygens (including phenoxy) is 2. The van der Waals surface area contributed by atoms with Crippen molar-refractivity contribution in [3.8, 4) is 0 Å². The molecule has 0 fully saturated rings. The summed E-state index contributed by atoms with van der Waals surface area (Å²) in [6.07, 6.45) is 3.79. The maximum Gasteiger partial charge on any atom is 0.333 e. The second-order valence-electron chi connectivity index (χ2n) is 8.09. The number of hydrogen-bond donors (Lipinski definition) is 1. The molecule has 0 heterocycles. The molecule has 0 aromatic heterocycles. The number of allylic oxidation sites excluding steroid dienone is 1. The van der Waals surface area contributed by atoms with Gasteiger partial charge in [0.15, 0.2) is 0 Å². The molecule has 160 valence electrons. The molecule has 1 N–H and O–H groups in total. The molecule has 6 heteroatoms. The Morgan fingerprint density at radius 2 is 1.57 bits per heavy atom. The molecule has 0 aliphatic rings. The van der Waals surface area contributed by atoms with E-state index in [1.807, 2.05) is 6.08 Å². The maximum atomic E-state index is 12.0. The first-order chi connectivity index (χ1) is 12.9. The van der Waals surface area contributed by atoms with Gasteiger partial charge in [-0.05, 0) is 44.4 Å². The van der Waals surface area contributed by atoms with E-state index in [1.165, 1.54) is 6.92 Å². The van der Waals surface area contributed by atoms with E-state index >= 15 is 0 Å². The van der Waals surface area contributed by atoms with Gasteiger partial charge in [0, 0.05) is 5.57 Å². The second kappa shape index (κ2) is 13.1. The van der Waals surface area contributed by atoms with Gasteiger partial charge in [0.25, 0.3) is 0 Å². The van der Waals surface area contributed by atoms with Gasteiger partial charge in [-0.3, -0.25) is 9.59 Å². The molecule has 0 aromatic rings. The van der Waals surface area contributed by atoms with Gasteiger partial charge in [-0.15, -0.1) is 0 Å². The van der Waals surface area contributed by atoms with Gasteiger partial charge in [0.1, 0.15) is 13.2 Å². The zero-order valence-electron chi connectivity index (χ0n) is 18.1. The minimum Gasteiger partial charge on any atom is -0.481 e. The van der Waals surface area contributed by atoms with E-state index in [1.54, 1.807) is 6.92 Å². The van der Waals surface area contributed by atoms with Crippen molar-refractivity contribution < 1.29 is 29.0 Å². The van der Waals surface area contributed by atoms with Crippen molar-refractivity contribution in [2.45, 2.75) is 60.8 Å². The lowest BCUT2D eigenvalue weighted by Crippen LogP contribution is -2.22. The highest BCUT2D eigenvalue weighted by atomic mass is 16.6. The summed E-state index contributed by atoms with van der Waals surface area (Å²) in [5, 5.41) is 9.48. The number of carbonyl (C=O) groups is 3. The molecule has 3 unspecified atom stereocenters. The fourth-order valence-corrected chi connectivity index (χ4v) is 3.25. The van der Waals surface area contributed by atoms with Crippen molar-refractivity contribution in [2.75, 3.05) is 13.2 Å². The Balaban J connectivity index is 4.62. The highest BCUT2D eigenvalue weighted by Crippen LogP contribution is 2.24.